The molecule has 32 heavy (non-hydrogen) atoms. The number of para-hydroxylation sites is 2. The molecule has 0 bridgehead atoms. The Morgan fingerprint density at radius 1 is 1.06 bits per heavy atom. The molecule has 5 rings (SSSR count). The number of aryl methyl sites for hydroxylation is 1. The van der Waals surface area contributed by atoms with Crippen LogP contribution in [0.4, 0.5) is 5.69 Å². The number of rotatable bonds is 7. The van der Waals surface area contributed by atoms with Crippen LogP contribution in [0.5, 0.6) is 11.5 Å². The standard InChI is InChI=1S/C23H22N4O5/c28-21(24-14-5-6-14)10-8-17-23(30)27(18-4-2-1-3-16(18)26-17)12-22(29)25-15-7-9-19-20(11-15)32-13-31-19/h1-4,7,9,11,14H,5-6,8,10,12-13H2,(H,24,28)(H,25,29). The molecule has 0 saturated heterocycles. The summed E-state index contributed by atoms with van der Waals surface area (Å²) >= 11 is 0. The molecule has 2 aromatic carbocycles. The third-order valence-corrected chi connectivity index (χ3v) is 5.41. The lowest BCUT2D eigenvalue weighted by Gasteiger charge is -2.13. The van der Waals surface area contributed by atoms with Crippen molar-refractivity contribution in [3.05, 3.63) is 58.5 Å². The number of fused-ring (bicyclic) bond motifs is 2. The smallest absolute Gasteiger partial charge is 0.273 e. The van der Waals surface area contributed by atoms with Gasteiger partial charge in [0.05, 0.1) is 11.0 Å². The Morgan fingerprint density at radius 2 is 1.88 bits per heavy atom. The van der Waals surface area contributed by atoms with E-state index in [1.54, 1.807) is 36.4 Å². The van der Waals surface area contributed by atoms with E-state index in [9.17, 15) is 14.4 Å². The zero-order valence-corrected chi connectivity index (χ0v) is 17.3. The molecule has 2 heterocycles. The Kier molecular flexibility index (Phi) is 5.22. The Hall–Kier alpha value is -3.88. The fraction of sp³-hybridized carbons (Fsp3) is 0.304. The maximum atomic E-state index is 13.1. The summed E-state index contributed by atoms with van der Waals surface area (Å²) in [7, 11) is 0. The number of hydrogen-bond donors (Lipinski definition) is 2. The van der Waals surface area contributed by atoms with Crippen LogP contribution in [-0.2, 0) is 22.6 Å². The first-order chi connectivity index (χ1) is 15.6. The highest BCUT2D eigenvalue weighted by molar-refractivity contribution is 5.92. The van der Waals surface area contributed by atoms with Crippen molar-refractivity contribution in [1.82, 2.24) is 14.9 Å². The van der Waals surface area contributed by atoms with Crippen LogP contribution < -0.4 is 25.7 Å². The second-order valence-electron chi connectivity index (χ2n) is 7.90. The van der Waals surface area contributed by atoms with E-state index in [0.29, 0.717) is 28.2 Å². The molecule has 2 N–H and O–H groups in total. The minimum absolute atomic E-state index is 0.0889. The monoisotopic (exact) mass is 434 g/mol. The van der Waals surface area contributed by atoms with Crippen LogP contribution in [0.25, 0.3) is 11.0 Å². The molecule has 0 radical (unpaired) electrons. The third-order valence-electron chi connectivity index (χ3n) is 5.41. The Labute approximate surface area is 183 Å². The average molecular weight is 434 g/mol. The predicted molar refractivity (Wildman–Crippen MR) is 117 cm³/mol. The summed E-state index contributed by atoms with van der Waals surface area (Å²) in [6, 6.07) is 12.5. The Bertz CT molecular complexity index is 1260. The van der Waals surface area contributed by atoms with Gasteiger partial charge in [0, 0.05) is 30.6 Å². The lowest BCUT2D eigenvalue weighted by atomic mass is 10.2. The first-order valence-electron chi connectivity index (χ1n) is 10.5. The number of nitrogens with one attached hydrogen (secondary N) is 2. The zero-order valence-electron chi connectivity index (χ0n) is 17.3. The molecule has 0 spiro atoms. The van der Waals surface area contributed by atoms with E-state index in [1.165, 1.54) is 4.57 Å². The third kappa shape index (κ3) is 4.27. The quantitative estimate of drug-likeness (QED) is 0.588. The fourth-order valence-electron chi connectivity index (χ4n) is 3.64. The van der Waals surface area contributed by atoms with Gasteiger partial charge in [0.1, 0.15) is 12.2 Å². The van der Waals surface area contributed by atoms with Crippen LogP contribution in [-0.4, -0.2) is 34.2 Å². The fourth-order valence-corrected chi connectivity index (χ4v) is 3.64. The summed E-state index contributed by atoms with van der Waals surface area (Å²) in [5.74, 6) is 0.726. The second-order valence-corrected chi connectivity index (χ2v) is 7.90. The van der Waals surface area contributed by atoms with E-state index in [0.717, 1.165) is 12.8 Å². The van der Waals surface area contributed by atoms with Gasteiger partial charge < -0.3 is 20.1 Å². The molecular weight excluding hydrogens is 412 g/mol. The van der Waals surface area contributed by atoms with Crippen molar-refractivity contribution in [3.63, 3.8) is 0 Å². The Balaban J connectivity index is 1.36. The van der Waals surface area contributed by atoms with Crippen molar-refractivity contribution in [3.8, 4) is 11.5 Å². The van der Waals surface area contributed by atoms with E-state index in [4.69, 9.17) is 9.47 Å². The topological polar surface area (TPSA) is 112 Å². The molecule has 3 aromatic rings. The first-order valence-corrected chi connectivity index (χ1v) is 10.5. The first kappa shape index (κ1) is 20.0. The molecule has 0 atom stereocenters. The van der Waals surface area contributed by atoms with Crippen molar-refractivity contribution in [2.45, 2.75) is 38.3 Å². The van der Waals surface area contributed by atoms with Gasteiger partial charge in [-0.2, -0.15) is 0 Å². The van der Waals surface area contributed by atoms with Crippen molar-refractivity contribution in [2.75, 3.05) is 12.1 Å². The molecule has 1 aromatic heterocycles. The van der Waals surface area contributed by atoms with E-state index < -0.39 is 0 Å². The molecule has 0 unspecified atom stereocenters. The highest BCUT2D eigenvalue weighted by atomic mass is 16.7. The van der Waals surface area contributed by atoms with Gasteiger partial charge in [-0.15, -0.1) is 0 Å². The van der Waals surface area contributed by atoms with Gasteiger partial charge in [0.25, 0.3) is 5.56 Å². The van der Waals surface area contributed by atoms with Crippen LogP contribution in [0, 0.1) is 0 Å². The maximum absolute atomic E-state index is 13.1. The molecular formula is C23H22N4O5. The summed E-state index contributed by atoms with van der Waals surface area (Å²) < 4.78 is 12.0. The largest absolute Gasteiger partial charge is 0.454 e. The normalized spacial score (nSPS) is 14.4. The molecule has 1 fully saturated rings. The molecule has 1 aliphatic carbocycles. The van der Waals surface area contributed by atoms with Gasteiger partial charge >= 0.3 is 0 Å². The SMILES string of the molecule is O=C(Cn1c(=O)c(CCC(=O)NC2CC2)nc2ccccc21)Nc1ccc2c(c1)OCO2. The molecule has 9 nitrogen and oxygen atoms in total. The molecule has 1 saturated carbocycles. The lowest BCUT2D eigenvalue weighted by molar-refractivity contribution is -0.121. The van der Waals surface area contributed by atoms with Crippen molar-refractivity contribution >= 4 is 28.5 Å². The number of ether oxygens (including phenoxy) is 2. The van der Waals surface area contributed by atoms with Crippen LogP contribution >= 0.6 is 0 Å². The van der Waals surface area contributed by atoms with Gasteiger partial charge in [-0.05, 0) is 37.1 Å². The van der Waals surface area contributed by atoms with Crippen LogP contribution in [0.1, 0.15) is 25.0 Å². The number of amides is 2. The highest BCUT2D eigenvalue weighted by Crippen LogP contribution is 2.34. The van der Waals surface area contributed by atoms with Crippen LogP contribution in [0.3, 0.4) is 0 Å². The minimum atomic E-state index is -0.372. The predicted octanol–water partition coefficient (Wildman–Crippen LogP) is 1.98. The van der Waals surface area contributed by atoms with Gasteiger partial charge in [-0.25, -0.2) is 4.98 Å². The molecule has 2 aliphatic rings. The maximum Gasteiger partial charge on any atom is 0.273 e. The van der Waals surface area contributed by atoms with E-state index in [-0.39, 0.29) is 55.3 Å². The second kappa shape index (κ2) is 8.33. The number of aromatic nitrogens is 2. The van der Waals surface area contributed by atoms with E-state index in [2.05, 4.69) is 15.6 Å². The summed E-state index contributed by atoms with van der Waals surface area (Å²) in [4.78, 5) is 42.4. The van der Waals surface area contributed by atoms with Gasteiger partial charge in [-0.1, -0.05) is 12.1 Å². The minimum Gasteiger partial charge on any atom is -0.454 e. The number of nitrogens with zero attached hydrogens (tertiary/aromatic N) is 2. The van der Waals surface area contributed by atoms with E-state index in [1.807, 2.05) is 6.07 Å². The number of carbonyl (C=O) groups excluding carboxylic acids is 2. The van der Waals surface area contributed by atoms with Gasteiger partial charge in [0.2, 0.25) is 18.6 Å². The number of anilines is 1. The number of benzene rings is 2. The van der Waals surface area contributed by atoms with Gasteiger partial charge in [-0.3, -0.25) is 19.0 Å². The number of hydrogen-bond acceptors (Lipinski definition) is 6. The summed E-state index contributed by atoms with van der Waals surface area (Å²) in [6.45, 7) is -0.0375. The zero-order chi connectivity index (χ0) is 22.1. The molecule has 164 valence electrons. The van der Waals surface area contributed by atoms with Crippen molar-refractivity contribution in [2.24, 2.45) is 0 Å². The van der Waals surface area contributed by atoms with E-state index >= 15 is 0 Å². The molecule has 1 aliphatic heterocycles. The van der Waals surface area contributed by atoms with Crippen LogP contribution in [0.15, 0.2) is 47.3 Å². The van der Waals surface area contributed by atoms with Crippen LogP contribution in [0.2, 0.25) is 0 Å². The lowest BCUT2D eigenvalue weighted by Crippen LogP contribution is -2.32. The summed E-state index contributed by atoms with van der Waals surface area (Å²) in [6.07, 6.45) is 2.41. The average Bonchev–Trinajstić information content (AvgIpc) is 3.47. The van der Waals surface area contributed by atoms with Crippen molar-refractivity contribution in [1.29, 1.82) is 0 Å². The highest BCUT2D eigenvalue weighted by Gasteiger charge is 2.23. The molecule has 2 amide bonds. The summed E-state index contributed by atoms with van der Waals surface area (Å²) in [5.41, 5.74) is 1.60. The number of carbonyl (C=O) groups is 2. The Morgan fingerprint density at radius 3 is 2.72 bits per heavy atom. The summed E-state index contributed by atoms with van der Waals surface area (Å²) in [5, 5.41) is 5.71. The molecule has 9 heteroatoms. The van der Waals surface area contributed by atoms with Gasteiger partial charge in [0.15, 0.2) is 11.5 Å². The van der Waals surface area contributed by atoms with Crippen molar-refractivity contribution < 1.29 is 19.1 Å².